The van der Waals surface area contributed by atoms with Crippen LogP contribution in [0.5, 0.6) is 0 Å². The summed E-state index contributed by atoms with van der Waals surface area (Å²) in [5, 5.41) is 10.0. The summed E-state index contributed by atoms with van der Waals surface area (Å²) in [7, 11) is 0. The molecule has 1 aromatic carbocycles. The van der Waals surface area contributed by atoms with E-state index in [1.54, 1.807) is 0 Å². The van der Waals surface area contributed by atoms with Gasteiger partial charge in [-0.1, -0.05) is 32.9 Å². The zero-order valence-electron chi connectivity index (χ0n) is 10.7. The highest BCUT2D eigenvalue weighted by Gasteiger charge is 2.16. The molecule has 3 nitrogen and oxygen atoms in total. The average molecular weight is 232 g/mol. The predicted octanol–water partition coefficient (Wildman–Crippen LogP) is 3.14. The van der Waals surface area contributed by atoms with Crippen molar-refractivity contribution in [3.63, 3.8) is 0 Å². The Bertz CT molecular complexity index is 502. The first kappa shape index (κ1) is 12.1. The first-order valence-electron chi connectivity index (χ1n) is 6.26. The van der Waals surface area contributed by atoms with E-state index in [0.717, 1.165) is 23.4 Å². The maximum Gasteiger partial charge on any atom is 0.138 e. The summed E-state index contributed by atoms with van der Waals surface area (Å²) in [5.74, 6) is 1.33. The first-order chi connectivity index (χ1) is 8.13. The molecule has 0 spiro atoms. The minimum absolute atomic E-state index is 0.471. The molecule has 3 heteroatoms. The molecule has 2 rings (SSSR count). The summed E-state index contributed by atoms with van der Waals surface area (Å²) in [6.45, 7) is 7.23. The number of hydrogen-bond acceptors (Lipinski definition) is 2. The van der Waals surface area contributed by atoms with Crippen molar-refractivity contribution in [3.8, 4) is 0 Å². The standard InChI is InChI=1S/C14H20N2O/c1-4-13(17)14-15-11-7-5-6-8-12(11)16(14)9-10(2)3/h5-8,10,13,17H,4,9H2,1-3H3. The van der Waals surface area contributed by atoms with Gasteiger partial charge in [0.2, 0.25) is 0 Å². The highest BCUT2D eigenvalue weighted by molar-refractivity contribution is 5.76. The van der Waals surface area contributed by atoms with Gasteiger partial charge in [-0.25, -0.2) is 4.98 Å². The molecule has 1 N–H and O–H groups in total. The molecule has 1 unspecified atom stereocenters. The summed E-state index contributed by atoms with van der Waals surface area (Å²) < 4.78 is 2.15. The fraction of sp³-hybridized carbons (Fsp3) is 0.500. The quantitative estimate of drug-likeness (QED) is 0.879. The maximum atomic E-state index is 10.0. The van der Waals surface area contributed by atoms with E-state index in [2.05, 4.69) is 29.5 Å². The van der Waals surface area contributed by atoms with Crippen molar-refractivity contribution in [1.82, 2.24) is 9.55 Å². The Labute approximate surface area is 102 Å². The third-order valence-electron chi connectivity index (χ3n) is 2.92. The van der Waals surface area contributed by atoms with Crippen LogP contribution in [0, 0.1) is 5.92 Å². The normalized spacial score (nSPS) is 13.5. The lowest BCUT2D eigenvalue weighted by Gasteiger charge is -2.14. The number of hydrogen-bond donors (Lipinski definition) is 1. The highest BCUT2D eigenvalue weighted by Crippen LogP contribution is 2.23. The van der Waals surface area contributed by atoms with E-state index in [4.69, 9.17) is 0 Å². The Kier molecular flexibility index (Phi) is 3.48. The molecule has 0 bridgehead atoms. The second-order valence-corrected chi connectivity index (χ2v) is 4.89. The first-order valence-corrected chi connectivity index (χ1v) is 6.26. The fourth-order valence-electron chi connectivity index (χ4n) is 2.09. The average Bonchev–Trinajstić information content (AvgIpc) is 2.67. The summed E-state index contributed by atoms with van der Waals surface area (Å²) in [4.78, 5) is 4.55. The van der Waals surface area contributed by atoms with Gasteiger partial charge in [-0.15, -0.1) is 0 Å². The number of nitrogens with zero attached hydrogens (tertiary/aromatic N) is 2. The number of benzene rings is 1. The predicted molar refractivity (Wildman–Crippen MR) is 69.8 cm³/mol. The van der Waals surface area contributed by atoms with Gasteiger partial charge in [-0.05, 0) is 24.5 Å². The van der Waals surface area contributed by atoms with Crippen molar-refractivity contribution in [1.29, 1.82) is 0 Å². The Hall–Kier alpha value is -1.35. The Morgan fingerprint density at radius 3 is 2.65 bits per heavy atom. The Morgan fingerprint density at radius 1 is 1.29 bits per heavy atom. The lowest BCUT2D eigenvalue weighted by atomic mass is 10.2. The largest absolute Gasteiger partial charge is 0.385 e. The number of para-hydroxylation sites is 2. The lowest BCUT2D eigenvalue weighted by molar-refractivity contribution is 0.158. The number of rotatable bonds is 4. The number of aliphatic hydroxyl groups excluding tert-OH is 1. The monoisotopic (exact) mass is 232 g/mol. The fourth-order valence-corrected chi connectivity index (χ4v) is 2.09. The van der Waals surface area contributed by atoms with Crippen LogP contribution in [0.25, 0.3) is 11.0 Å². The topological polar surface area (TPSA) is 38.1 Å². The number of imidazole rings is 1. The van der Waals surface area contributed by atoms with Gasteiger partial charge in [0, 0.05) is 6.54 Å². The molecule has 0 saturated carbocycles. The Morgan fingerprint density at radius 2 is 2.00 bits per heavy atom. The zero-order valence-corrected chi connectivity index (χ0v) is 10.7. The van der Waals surface area contributed by atoms with E-state index in [9.17, 15) is 5.11 Å². The second-order valence-electron chi connectivity index (χ2n) is 4.89. The molecule has 1 heterocycles. The number of fused-ring (bicyclic) bond motifs is 1. The van der Waals surface area contributed by atoms with Crippen LogP contribution < -0.4 is 0 Å². The van der Waals surface area contributed by atoms with E-state index >= 15 is 0 Å². The van der Waals surface area contributed by atoms with Crippen molar-refractivity contribution >= 4 is 11.0 Å². The number of aromatic nitrogens is 2. The molecule has 0 amide bonds. The number of aliphatic hydroxyl groups is 1. The van der Waals surface area contributed by atoms with E-state index in [1.807, 2.05) is 25.1 Å². The van der Waals surface area contributed by atoms with Crippen LogP contribution in [-0.2, 0) is 6.54 Å². The molecule has 0 aliphatic heterocycles. The van der Waals surface area contributed by atoms with Gasteiger partial charge in [0.15, 0.2) is 0 Å². The molecule has 2 aromatic rings. The molecule has 0 aliphatic carbocycles. The van der Waals surface area contributed by atoms with Crippen LogP contribution in [0.1, 0.15) is 39.1 Å². The zero-order chi connectivity index (χ0) is 12.4. The van der Waals surface area contributed by atoms with E-state index in [0.29, 0.717) is 12.3 Å². The van der Waals surface area contributed by atoms with Crippen molar-refractivity contribution in [2.45, 2.75) is 39.8 Å². The third kappa shape index (κ3) is 2.34. The molecular weight excluding hydrogens is 212 g/mol. The van der Waals surface area contributed by atoms with Crippen LogP contribution in [0.4, 0.5) is 0 Å². The van der Waals surface area contributed by atoms with Crippen molar-refractivity contribution in [2.24, 2.45) is 5.92 Å². The molecule has 0 aliphatic rings. The van der Waals surface area contributed by atoms with Gasteiger partial charge in [-0.2, -0.15) is 0 Å². The molecule has 0 fully saturated rings. The van der Waals surface area contributed by atoms with E-state index < -0.39 is 6.10 Å². The molecule has 17 heavy (non-hydrogen) atoms. The maximum absolute atomic E-state index is 10.0. The summed E-state index contributed by atoms with van der Waals surface area (Å²) in [5.41, 5.74) is 2.08. The van der Waals surface area contributed by atoms with E-state index in [-0.39, 0.29) is 0 Å². The van der Waals surface area contributed by atoms with Crippen LogP contribution in [0.15, 0.2) is 24.3 Å². The van der Waals surface area contributed by atoms with E-state index in [1.165, 1.54) is 0 Å². The van der Waals surface area contributed by atoms with Crippen LogP contribution >= 0.6 is 0 Å². The molecule has 0 radical (unpaired) electrons. The minimum atomic E-state index is -0.471. The molecule has 1 atom stereocenters. The van der Waals surface area contributed by atoms with Gasteiger partial charge in [0.05, 0.1) is 11.0 Å². The van der Waals surface area contributed by atoms with Crippen molar-refractivity contribution < 1.29 is 5.11 Å². The van der Waals surface area contributed by atoms with Crippen LogP contribution in [0.2, 0.25) is 0 Å². The van der Waals surface area contributed by atoms with Crippen LogP contribution in [-0.4, -0.2) is 14.7 Å². The summed E-state index contributed by atoms with van der Waals surface area (Å²) in [6.07, 6.45) is 0.225. The highest BCUT2D eigenvalue weighted by atomic mass is 16.3. The van der Waals surface area contributed by atoms with Crippen molar-refractivity contribution in [3.05, 3.63) is 30.1 Å². The smallest absolute Gasteiger partial charge is 0.138 e. The Balaban J connectivity index is 2.56. The lowest BCUT2D eigenvalue weighted by Crippen LogP contribution is -2.11. The molecular formula is C14H20N2O. The molecule has 1 aromatic heterocycles. The van der Waals surface area contributed by atoms with Gasteiger partial charge in [0.25, 0.3) is 0 Å². The third-order valence-corrected chi connectivity index (χ3v) is 2.92. The van der Waals surface area contributed by atoms with Crippen LogP contribution in [0.3, 0.4) is 0 Å². The van der Waals surface area contributed by atoms with Gasteiger partial charge in [-0.3, -0.25) is 0 Å². The minimum Gasteiger partial charge on any atom is -0.385 e. The van der Waals surface area contributed by atoms with Gasteiger partial charge < -0.3 is 9.67 Å². The summed E-state index contributed by atoms with van der Waals surface area (Å²) in [6, 6.07) is 8.06. The molecule has 92 valence electrons. The SMILES string of the molecule is CCC(O)c1nc2ccccc2n1CC(C)C. The van der Waals surface area contributed by atoms with Gasteiger partial charge >= 0.3 is 0 Å². The molecule has 0 saturated heterocycles. The second kappa shape index (κ2) is 4.88. The summed E-state index contributed by atoms with van der Waals surface area (Å²) >= 11 is 0. The van der Waals surface area contributed by atoms with Crippen molar-refractivity contribution in [2.75, 3.05) is 0 Å². The van der Waals surface area contributed by atoms with Gasteiger partial charge in [0.1, 0.15) is 11.9 Å².